The van der Waals surface area contributed by atoms with Crippen molar-refractivity contribution >= 4 is 12.3 Å². The molecular weight excluding hydrogens is 346 g/mol. The largest absolute Gasteiger partial charge is 1.00 e. The number of nitrogens with zero attached hydrogens (tertiary/aromatic N) is 3. The maximum Gasteiger partial charge on any atom is 1.00 e. The topological polar surface area (TPSA) is 181 Å². The van der Waals surface area contributed by atoms with Gasteiger partial charge in [0.05, 0.1) is 6.54 Å². The van der Waals surface area contributed by atoms with Crippen molar-refractivity contribution in [2.24, 2.45) is 5.28 Å². The fraction of sp³-hybridized carbons (Fsp3) is 0.818. The summed E-state index contributed by atoms with van der Waals surface area (Å²) in [6, 6.07) is -0.736. The molecule has 24 heavy (non-hydrogen) atoms. The zero-order valence-electron chi connectivity index (χ0n) is 14.3. The molecule has 11 nitrogen and oxygen atoms in total. The van der Waals surface area contributed by atoms with E-state index < -0.39 is 12.0 Å². The van der Waals surface area contributed by atoms with E-state index >= 15 is 0 Å². The zero-order valence-corrected chi connectivity index (χ0v) is 18.3. The van der Waals surface area contributed by atoms with E-state index in [4.69, 9.17) is 10.2 Å². The first-order valence-electron chi connectivity index (χ1n) is 6.53. The first-order chi connectivity index (χ1) is 10.1. The molecule has 130 valence electrons. The maximum atomic E-state index is 10.6. The molecule has 0 spiro atoms. The van der Waals surface area contributed by atoms with Gasteiger partial charge in [-0.25, -0.2) is 0 Å². The van der Waals surface area contributed by atoms with E-state index in [1.807, 2.05) is 0 Å². The minimum absolute atomic E-state index is 0. The second-order valence-electron chi connectivity index (χ2n) is 4.33. The number of nitrogens with one attached hydrogen (secondary N) is 1. The number of carboxylic acid groups (broad SMARTS) is 1. The molecule has 0 aromatic carbocycles. The van der Waals surface area contributed by atoms with E-state index in [1.54, 1.807) is 0 Å². The number of aliphatic hydroxyl groups is 1. The van der Waals surface area contributed by atoms with Crippen molar-refractivity contribution in [3.05, 3.63) is 10.4 Å². The van der Waals surface area contributed by atoms with Crippen LogP contribution in [0.4, 0.5) is 0 Å². The summed E-state index contributed by atoms with van der Waals surface area (Å²) in [6.07, 6.45) is 3.81. The Balaban J connectivity index is -0.000000139. The Kier molecular flexibility index (Phi) is 25.6. The Morgan fingerprint density at radius 2 is 1.92 bits per heavy atom. The molecule has 0 saturated carbocycles. The van der Waals surface area contributed by atoms with Crippen LogP contribution >= 0.6 is 0 Å². The summed E-state index contributed by atoms with van der Waals surface area (Å²) in [4.78, 5) is 20.4. The number of aldehydes is 1. The average Bonchev–Trinajstić information content (AvgIpc) is 3.19. The van der Waals surface area contributed by atoms with Gasteiger partial charge in [-0.3, -0.25) is 4.79 Å². The molecule has 0 radical (unpaired) electrons. The molecular formula is C11H22N4Na2O7. The van der Waals surface area contributed by atoms with Gasteiger partial charge in [0, 0.05) is 12.1 Å². The van der Waals surface area contributed by atoms with Crippen molar-refractivity contribution in [1.82, 2.24) is 10.3 Å². The minimum Gasteiger partial charge on any atom is -0.870 e. The van der Waals surface area contributed by atoms with E-state index in [2.05, 4.69) is 10.6 Å². The van der Waals surface area contributed by atoms with Crippen LogP contribution in [0.5, 0.6) is 0 Å². The average molecular weight is 368 g/mol. The second-order valence-corrected chi connectivity index (χ2v) is 4.33. The van der Waals surface area contributed by atoms with Crippen LogP contribution in [0.25, 0.3) is 0 Å². The van der Waals surface area contributed by atoms with Crippen LogP contribution < -0.4 is 64.4 Å². The number of carboxylic acids is 1. The smallest absolute Gasteiger partial charge is 0.870 e. The molecule has 2 aliphatic rings. The van der Waals surface area contributed by atoms with Gasteiger partial charge in [-0.1, -0.05) is 0 Å². The van der Waals surface area contributed by atoms with Gasteiger partial charge in [-0.15, -0.1) is 5.01 Å². The molecule has 2 rings (SSSR count). The fourth-order valence-corrected chi connectivity index (χ4v) is 2.07. The van der Waals surface area contributed by atoms with Crippen molar-refractivity contribution in [3.8, 4) is 0 Å². The minimum atomic E-state index is -0.720. The van der Waals surface area contributed by atoms with Gasteiger partial charge < -0.3 is 36.2 Å². The van der Waals surface area contributed by atoms with Gasteiger partial charge in [-0.05, 0) is 37.5 Å². The third-order valence-electron chi connectivity index (χ3n) is 3.08. The van der Waals surface area contributed by atoms with E-state index in [9.17, 15) is 20.0 Å². The molecule has 0 aromatic heterocycles. The van der Waals surface area contributed by atoms with Crippen LogP contribution in [0.2, 0.25) is 0 Å². The Morgan fingerprint density at radius 3 is 2.25 bits per heavy atom. The van der Waals surface area contributed by atoms with Crippen molar-refractivity contribution in [3.63, 3.8) is 0 Å². The zero-order chi connectivity index (χ0) is 16.3. The molecule has 0 amide bonds. The molecule has 2 aliphatic heterocycles. The summed E-state index contributed by atoms with van der Waals surface area (Å²) < 4.78 is 0. The van der Waals surface area contributed by atoms with Gasteiger partial charge >= 0.3 is 65.1 Å². The van der Waals surface area contributed by atoms with Gasteiger partial charge in [0.15, 0.2) is 0 Å². The Labute approximate surface area is 184 Å². The number of rotatable bonds is 3. The van der Waals surface area contributed by atoms with Gasteiger partial charge in [0.2, 0.25) is 0 Å². The summed E-state index contributed by atoms with van der Waals surface area (Å²) in [5.74, 6) is -0.720. The van der Waals surface area contributed by atoms with E-state index in [0.717, 1.165) is 37.9 Å². The van der Waals surface area contributed by atoms with Crippen molar-refractivity contribution < 1.29 is 89.4 Å². The molecule has 13 heteroatoms. The summed E-state index contributed by atoms with van der Waals surface area (Å²) in [7, 11) is 1.00. The van der Waals surface area contributed by atoms with Crippen LogP contribution in [0.15, 0.2) is 5.28 Å². The maximum absolute atomic E-state index is 10.6. The monoisotopic (exact) mass is 368 g/mol. The number of aliphatic hydroxyl groups excluding tert-OH is 1. The van der Waals surface area contributed by atoms with Crippen LogP contribution in [-0.4, -0.2) is 70.2 Å². The number of aliphatic carboxylic acids is 1. The summed E-state index contributed by atoms with van der Waals surface area (Å²) in [5.41, 5.74) is 0. The number of hydrogen-bond donors (Lipinski definition) is 3. The van der Waals surface area contributed by atoms with E-state index in [-0.39, 0.29) is 75.6 Å². The van der Waals surface area contributed by atoms with E-state index in [1.165, 1.54) is 0 Å². The normalized spacial score (nSPS) is 21.4. The fourth-order valence-electron chi connectivity index (χ4n) is 2.07. The molecule has 2 saturated heterocycles. The molecule has 0 bridgehead atoms. The van der Waals surface area contributed by atoms with Gasteiger partial charge in [0.25, 0.3) is 0 Å². The summed E-state index contributed by atoms with van der Waals surface area (Å²) >= 11 is 0. The van der Waals surface area contributed by atoms with Crippen molar-refractivity contribution in [2.75, 3.05) is 20.2 Å². The predicted octanol–water partition coefficient (Wildman–Crippen LogP) is -6.71. The second kappa shape index (κ2) is 19.3. The van der Waals surface area contributed by atoms with Crippen molar-refractivity contribution in [2.45, 2.75) is 37.8 Å². The van der Waals surface area contributed by atoms with Crippen LogP contribution in [0.1, 0.15) is 25.7 Å². The Bertz CT molecular complexity index is 357. The molecule has 2 atom stereocenters. The van der Waals surface area contributed by atoms with Gasteiger partial charge in [0.1, 0.15) is 18.4 Å². The predicted molar refractivity (Wildman–Crippen MR) is 74.0 cm³/mol. The number of hydrogen-bond acceptors (Lipinski definition) is 8. The first kappa shape index (κ1) is 31.8. The van der Waals surface area contributed by atoms with Crippen LogP contribution in [0, 0.1) is 10.4 Å². The standard InChI is InChI=1S/C5H9N3O3.C5H9NO2.CH4O.2Na.H2O/c9-4-5-2-1-3-7(5)8(11)6-10;7-5(8)4-2-1-3-6-4;1-2;;;/h4-5,10H,1-3H2;4,6H,1-3H2,(H,7,8);2H,1H3;;;1H2/q;;;2*+1;/p-2/b8-6-;;;;;. The third-order valence-corrected chi connectivity index (χ3v) is 3.08. The van der Waals surface area contributed by atoms with Crippen LogP contribution in [-0.2, 0) is 9.59 Å². The third kappa shape index (κ3) is 11.6. The Hall–Kier alpha value is 0.0200. The van der Waals surface area contributed by atoms with Crippen LogP contribution in [0.3, 0.4) is 0 Å². The number of hydrazine groups is 1. The molecule has 2 fully saturated rings. The summed E-state index contributed by atoms with van der Waals surface area (Å²) in [5, 5.41) is 41.8. The van der Waals surface area contributed by atoms with E-state index in [0.29, 0.717) is 19.3 Å². The quantitative estimate of drug-likeness (QED) is 0.143. The molecule has 2 unspecified atom stereocenters. The number of carbonyl (C=O) groups is 2. The molecule has 0 aromatic rings. The SMILES string of the molecule is CO.O=C(O)C1CCCN1.O=CC1CCCN1/[N+]([O-])=N/[O-].[Na+].[Na+].[OH-]. The summed E-state index contributed by atoms with van der Waals surface area (Å²) in [6.45, 7) is 1.29. The molecule has 0 aliphatic carbocycles. The first-order valence-corrected chi connectivity index (χ1v) is 6.53. The Morgan fingerprint density at radius 1 is 1.33 bits per heavy atom. The molecule has 2 heterocycles. The number of carbonyl (C=O) groups excluding carboxylic acids is 1. The van der Waals surface area contributed by atoms with Gasteiger partial charge in [-0.2, -0.15) is 0 Å². The van der Waals surface area contributed by atoms with Crippen molar-refractivity contribution in [1.29, 1.82) is 0 Å². The molecule has 4 N–H and O–H groups in total.